The second-order valence-electron chi connectivity index (χ2n) is 5.25. The average Bonchev–Trinajstić information content (AvgIpc) is 2.50. The van der Waals surface area contributed by atoms with Crippen LogP contribution in [0.1, 0.15) is 12.0 Å². The zero-order chi connectivity index (χ0) is 19.2. The zero-order valence-corrected chi connectivity index (χ0v) is 15.0. The molecule has 0 aromatic heterocycles. The van der Waals surface area contributed by atoms with Gasteiger partial charge in [0.25, 0.3) is 0 Å². The quantitative estimate of drug-likeness (QED) is 0.429. The highest BCUT2D eigenvalue weighted by Gasteiger charge is 2.24. The van der Waals surface area contributed by atoms with Crippen molar-refractivity contribution in [2.45, 2.75) is 18.6 Å². The molecular weight excluding hydrogens is 377 g/mol. The average molecular weight is 396 g/mol. The number of benzene rings is 1. The van der Waals surface area contributed by atoms with Crippen LogP contribution < -0.4 is 15.2 Å². The van der Waals surface area contributed by atoms with E-state index in [9.17, 15) is 19.0 Å². The number of rotatable bonds is 10. The summed E-state index contributed by atoms with van der Waals surface area (Å²) in [5.74, 6) is -2.32. The fourth-order valence-electron chi connectivity index (χ4n) is 1.97. The minimum absolute atomic E-state index is 0.0102. The van der Waals surface area contributed by atoms with Crippen LogP contribution in [0, 0.1) is 0 Å². The maximum Gasteiger partial charge on any atom is 0.341 e. The molecule has 1 aromatic carbocycles. The van der Waals surface area contributed by atoms with E-state index in [4.69, 9.17) is 37.0 Å². The normalized spacial score (nSPS) is 14.4. The maximum absolute atomic E-state index is 12.2. The molecule has 9 nitrogen and oxygen atoms in total. The number of hydrogen-bond donors (Lipinski definition) is 4. The molecule has 1 rings (SSSR count). The van der Waals surface area contributed by atoms with Crippen LogP contribution in [0.4, 0.5) is 0 Å². The van der Waals surface area contributed by atoms with Crippen molar-refractivity contribution in [3.8, 4) is 11.5 Å². The summed E-state index contributed by atoms with van der Waals surface area (Å²) in [5.41, 5.74) is 5.69. The van der Waals surface area contributed by atoms with Crippen molar-refractivity contribution in [1.82, 2.24) is 0 Å². The smallest absolute Gasteiger partial charge is 0.341 e. The van der Waals surface area contributed by atoms with Crippen LogP contribution >= 0.6 is 19.0 Å². The summed E-state index contributed by atoms with van der Waals surface area (Å²) in [5, 5.41) is 17.4. The number of aliphatic carboxylic acids is 2. The molecule has 1 unspecified atom stereocenters. The van der Waals surface area contributed by atoms with Crippen LogP contribution in [0.5, 0.6) is 11.5 Å². The van der Waals surface area contributed by atoms with Crippen LogP contribution in [-0.2, 0) is 20.3 Å². The van der Waals surface area contributed by atoms with Gasteiger partial charge >= 0.3 is 11.9 Å². The summed E-state index contributed by atoms with van der Waals surface area (Å²) in [6, 6.07) is 1.55. The van der Waals surface area contributed by atoms with Crippen LogP contribution in [0.25, 0.3) is 0 Å². The van der Waals surface area contributed by atoms with Gasteiger partial charge in [-0.1, -0.05) is 11.6 Å². The molecule has 0 saturated carbocycles. The molecule has 0 fully saturated rings. The molecule has 5 N–H and O–H groups in total. The Morgan fingerprint density at radius 1 is 1.36 bits per heavy atom. The van der Waals surface area contributed by atoms with Gasteiger partial charge < -0.3 is 30.3 Å². The Bertz CT molecular complexity index is 696. The summed E-state index contributed by atoms with van der Waals surface area (Å²) in [7, 11) is -2.38. The first-order valence-corrected chi connectivity index (χ1v) is 9.46. The number of ether oxygens (including phenoxy) is 2. The molecule has 0 aliphatic heterocycles. The van der Waals surface area contributed by atoms with Crippen molar-refractivity contribution in [2.24, 2.45) is 5.73 Å². The topological polar surface area (TPSA) is 156 Å². The fourth-order valence-corrected chi connectivity index (χ4v) is 3.85. The molecule has 0 bridgehead atoms. The van der Waals surface area contributed by atoms with Crippen LogP contribution in [0.2, 0.25) is 5.02 Å². The molecule has 1 aromatic rings. The third kappa shape index (κ3) is 6.91. The largest absolute Gasteiger partial charge is 0.493 e. The predicted octanol–water partition coefficient (Wildman–Crippen LogP) is 1.38. The summed E-state index contributed by atoms with van der Waals surface area (Å²) in [4.78, 5) is 31.3. The maximum atomic E-state index is 12.2. The molecule has 0 heterocycles. The number of hydrogen-bond acceptors (Lipinski definition) is 6. The van der Waals surface area contributed by atoms with Gasteiger partial charge in [0.2, 0.25) is 7.37 Å². The molecule has 140 valence electrons. The Labute approximate surface area is 148 Å². The number of nitrogens with two attached hydrogens (primary N) is 1. The van der Waals surface area contributed by atoms with E-state index in [-0.39, 0.29) is 35.3 Å². The Hall–Kier alpha value is -1.80. The number of methoxy groups -OCH3 is 1. The van der Waals surface area contributed by atoms with Crippen molar-refractivity contribution < 1.29 is 38.7 Å². The van der Waals surface area contributed by atoms with Gasteiger partial charge in [-0.05, 0) is 24.1 Å². The minimum atomic E-state index is -3.70. The lowest BCUT2D eigenvalue weighted by Gasteiger charge is -2.16. The standard InChI is InChI=1S/C14H19ClNO8P/c1-23-11-5-8(4-9(15)13(11)24-6-12(17)18)7-25(21,22)3-2-10(16)14(19)20/h4-5,10H,2-3,6-7,16H2,1H3,(H,17,18)(H,19,20)(H,21,22)/t10-/m0/s1. The second-order valence-corrected chi connectivity index (χ2v) is 8.12. The molecule has 25 heavy (non-hydrogen) atoms. The summed E-state index contributed by atoms with van der Waals surface area (Å²) < 4.78 is 22.3. The predicted molar refractivity (Wildman–Crippen MR) is 89.8 cm³/mol. The molecule has 0 aliphatic carbocycles. The zero-order valence-electron chi connectivity index (χ0n) is 13.3. The van der Waals surface area contributed by atoms with Gasteiger partial charge in [0.05, 0.1) is 12.1 Å². The van der Waals surface area contributed by atoms with E-state index >= 15 is 0 Å². The van der Waals surface area contributed by atoms with E-state index in [0.29, 0.717) is 5.56 Å². The third-order valence-corrected chi connectivity index (χ3v) is 5.26. The molecule has 11 heteroatoms. The number of carboxylic acid groups (broad SMARTS) is 2. The number of carboxylic acids is 2. The Morgan fingerprint density at radius 2 is 2.00 bits per heavy atom. The number of carbonyl (C=O) groups is 2. The summed E-state index contributed by atoms with van der Waals surface area (Å²) in [6.45, 7) is -0.624. The molecule has 0 aliphatic rings. The first-order chi connectivity index (χ1) is 11.6. The Kier molecular flexibility index (Phi) is 7.69. The highest BCUT2D eigenvalue weighted by atomic mass is 35.5. The highest BCUT2D eigenvalue weighted by Crippen LogP contribution is 2.47. The van der Waals surface area contributed by atoms with E-state index in [2.05, 4.69) is 0 Å². The lowest BCUT2D eigenvalue weighted by atomic mass is 10.2. The van der Waals surface area contributed by atoms with Gasteiger partial charge in [0.15, 0.2) is 18.1 Å². The molecule has 0 spiro atoms. The van der Waals surface area contributed by atoms with E-state index in [0.717, 1.165) is 0 Å². The SMILES string of the molecule is COc1cc(CP(=O)(O)CC[C@H](N)C(=O)O)cc(Cl)c1OCC(=O)O. The van der Waals surface area contributed by atoms with E-state index in [1.807, 2.05) is 0 Å². The van der Waals surface area contributed by atoms with Crippen molar-refractivity contribution in [3.63, 3.8) is 0 Å². The van der Waals surface area contributed by atoms with Crippen molar-refractivity contribution in [1.29, 1.82) is 0 Å². The first kappa shape index (κ1) is 21.2. The van der Waals surface area contributed by atoms with Crippen molar-refractivity contribution in [3.05, 3.63) is 22.7 Å². The summed E-state index contributed by atoms with van der Waals surface area (Å²) in [6.07, 6.45) is -0.680. The molecule has 2 atom stereocenters. The van der Waals surface area contributed by atoms with Gasteiger partial charge in [-0.3, -0.25) is 9.36 Å². The van der Waals surface area contributed by atoms with E-state index in [1.165, 1.54) is 19.2 Å². The van der Waals surface area contributed by atoms with Crippen LogP contribution in [0.15, 0.2) is 12.1 Å². The monoisotopic (exact) mass is 395 g/mol. The summed E-state index contributed by atoms with van der Waals surface area (Å²) >= 11 is 6.03. The lowest BCUT2D eigenvalue weighted by Crippen LogP contribution is -2.30. The van der Waals surface area contributed by atoms with Crippen molar-refractivity contribution in [2.75, 3.05) is 19.9 Å². The lowest BCUT2D eigenvalue weighted by molar-refractivity contribution is -0.139. The fraction of sp³-hybridized carbons (Fsp3) is 0.429. The molecule has 0 radical (unpaired) electrons. The van der Waals surface area contributed by atoms with E-state index < -0.39 is 32.0 Å². The first-order valence-electron chi connectivity index (χ1n) is 7.06. The second kappa shape index (κ2) is 9.05. The van der Waals surface area contributed by atoms with Gasteiger partial charge in [-0.25, -0.2) is 4.79 Å². The molecule has 0 saturated heterocycles. The van der Waals surface area contributed by atoms with Gasteiger partial charge in [-0.2, -0.15) is 0 Å². The Balaban J connectivity index is 2.91. The molecule has 0 amide bonds. The Morgan fingerprint density at radius 3 is 2.52 bits per heavy atom. The van der Waals surface area contributed by atoms with Gasteiger partial charge in [-0.15, -0.1) is 0 Å². The minimum Gasteiger partial charge on any atom is -0.493 e. The van der Waals surface area contributed by atoms with Crippen molar-refractivity contribution >= 4 is 30.9 Å². The van der Waals surface area contributed by atoms with Crippen LogP contribution in [-0.4, -0.2) is 53.0 Å². The van der Waals surface area contributed by atoms with Gasteiger partial charge in [0.1, 0.15) is 6.04 Å². The number of halogens is 1. The van der Waals surface area contributed by atoms with E-state index in [1.54, 1.807) is 0 Å². The highest BCUT2D eigenvalue weighted by molar-refractivity contribution is 7.57. The van der Waals surface area contributed by atoms with Gasteiger partial charge in [0, 0.05) is 12.3 Å². The third-order valence-electron chi connectivity index (χ3n) is 3.17. The molecular formula is C14H19ClNO8P. The van der Waals surface area contributed by atoms with Crippen LogP contribution in [0.3, 0.4) is 0 Å².